The van der Waals surface area contributed by atoms with Crippen molar-refractivity contribution in [3.63, 3.8) is 0 Å². The van der Waals surface area contributed by atoms with Gasteiger partial charge < -0.3 is 14.7 Å². The monoisotopic (exact) mass is 255 g/mol. The number of hydrogen-bond acceptors (Lipinski definition) is 3. The highest BCUT2D eigenvalue weighted by Crippen LogP contribution is 2.36. The summed E-state index contributed by atoms with van der Waals surface area (Å²) < 4.78 is 5.75. The molecule has 0 bridgehead atoms. The van der Waals surface area contributed by atoms with E-state index >= 15 is 0 Å². The Labute approximate surface area is 109 Å². The Bertz CT molecular complexity index is 320. The van der Waals surface area contributed by atoms with Crippen molar-refractivity contribution in [2.45, 2.75) is 52.4 Å². The molecule has 1 N–H and O–H groups in total. The molecule has 0 aromatic rings. The molecule has 4 nitrogen and oxygen atoms in total. The van der Waals surface area contributed by atoms with Crippen LogP contribution in [0.3, 0.4) is 0 Å². The first kappa shape index (κ1) is 13.8. The molecule has 18 heavy (non-hydrogen) atoms. The summed E-state index contributed by atoms with van der Waals surface area (Å²) in [6.45, 7) is 9.05. The molecule has 2 aliphatic rings. The van der Waals surface area contributed by atoms with E-state index in [9.17, 15) is 9.90 Å². The number of carbonyl (C=O) groups is 1. The van der Waals surface area contributed by atoms with Gasteiger partial charge in [0.1, 0.15) is 0 Å². The Morgan fingerprint density at radius 2 is 1.94 bits per heavy atom. The Kier molecular flexibility index (Phi) is 3.97. The number of hydrogen-bond donors (Lipinski definition) is 1. The minimum absolute atomic E-state index is 0.00666. The Morgan fingerprint density at radius 3 is 2.44 bits per heavy atom. The molecule has 0 spiro atoms. The zero-order chi connectivity index (χ0) is 13.4. The summed E-state index contributed by atoms with van der Waals surface area (Å²) in [6, 6.07) is -0.00666. The van der Waals surface area contributed by atoms with Crippen molar-refractivity contribution >= 4 is 5.91 Å². The van der Waals surface area contributed by atoms with Gasteiger partial charge in [0.15, 0.2) is 0 Å². The van der Waals surface area contributed by atoms with Gasteiger partial charge in [-0.1, -0.05) is 13.8 Å². The van der Waals surface area contributed by atoms with Gasteiger partial charge in [0.2, 0.25) is 5.91 Å². The number of ether oxygens (including phenoxy) is 1. The number of nitrogens with zero attached hydrogens (tertiary/aromatic N) is 1. The lowest BCUT2D eigenvalue weighted by molar-refractivity contribution is -0.139. The van der Waals surface area contributed by atoms with Crippen molar-refractivity contribution in [3.05, 3.63) is 0 Å². The fourth-order valence-corrected chi connectivity index (χ4v) is 3.44. The molecular weight excluding hydrogens is 230 g/mol. The summed E-state index contributed by atoms with van der Waals surface area (Å²) in [5.74, 6) is 0.758. The first-order valence-electron chi connectivity index (χ1n) is 7.04. The fraction of sp³-hybridized carbons (Fsp3) is 0.929. The largest absolute Gasteiger partial charge is 0.394 e. The highest BCUT2D eigenvalue weighted by Gasteiger charge is 2.46. The van der Waals surface area contributed by atoms with Crippen LogP contribution in [-0.2, 0) is 9.53 Å². The van der Waals surface area contributed by atoms with Crippen LogP contribution in [-0.4, -0.2) is 47.3 Å². The first-order chi connectivity index (χ1) is 8.47. The van der Waals surface area contributed by atoms with Gasteiger partial charge in [-0.05, 0) is 32.1 Å². The SMILES string of the molecule is CC1CCN(C(=O)C2C(C)OC(C)C2C)C1CO. The predicted molar refractivity (Wildman–Crippen MR) is 69.0 cm³/mol. The first-order valence-corrected chi connectivity index (χ1v) is 7.04. The van der Waals surface area contributed by atoms with Crippen LogP contribution in [0.15, 0.2) is 0 Å². The lowest BCUT2D eigenvalue weighted by Crippen LogP contribution is -2.46. The van der Waals surface area contributed by atoms with E-state index < -0.39 is 0 Å². The van der Waals surface area contributed by atoms with Gasteiger partial charge >= 0.3 is 0 Å². The number of amides is 1. The van der Waals surface area contributed by atoms with Gasteiger partial charge in [0, 0.05) is 6.54 Å². The fourth-order valence-electron chi connectivity index (χ4n) is 3.44. The van der Waals surface area contributed by atoms with E-state index in [1.54, 1.807) is 0 Å². The van der Waals surface area contributed by atoms with E-state index in [4.69, 9.17) is 4.74 Å². The standard InChI is InChI=1S/C14H25NO3/c1-8-5-6-15(12(8)7-16)14(17)13-9(2)10(3)18-11(13)4/h8-13,16H,5-7H2,1-4H3. The third-order valence-electron chi connectivity index (χ3n) is 4.88. The summed E-state index contributed by atoms with van der Waals surface area (Å²) in [6.07, 6.45) is 1.11. The van der Waals surface area contributed by atoms with Gasteiger partial charge in [0.25, 0.3) is 0 Å². The topological polar surface area (TPSA) is 49.8 Å². The zero-order valence-electron chi connectivity index (χ0n) is 11.8. The second-order valence-corrected chi connectivity index (χ2v) is 5.98. The van der Waals surface area contributed by atoms with E-state index in [1.165, 1.54) is 0 Å². The molecule has 104 valence electrons. The number of carbonyl (C=O) groups excluding carboxylic acids is 1. The normalized spacial score (nSPS) is 44.6. The maximum atomic E-state index is 12.7. The van der Waals surface area contributed by atoms with Crippen LogP contribution in [0.25, 0.3) is 0 Å². The summed E-state index contributed by atoms with van der Waals surface area (Å²) in [5, 5.41) is 9.46. The van der Waals surface area contributed by atoms with Crippen molar-refractivity contribution in [2.75, 3.05) is 13.2 Å². The van der Waals surface area contributed by atoms with Crippen LogP contribution in [0.4, 0.5) is 0 Å². The molecule has 0 aromatic carbocycles. The second kappa shape index (κ2) is 5.17. The molecule has 0 aliphatic carbocycles. The number of aliphatic hydroxyl groups is 1. The third kappa shape index (κ3) is 2.16. The average molecular weight is 255 g/mol. The molecule has 0 aromatic heterocycles. The molecule has 2 heterocycles. The van der Waals surface area contributed by atoms with Crippen LogP contribution in [0.1, 0.15) is 34.1 Å². The summed E-state index contributed by atoms with van der Waals surface area (Å²) >= 11 is 0. The van der Waals surface area contributed by atoms with Gasteiger partial charge in [-0.3, -0.25) is 4.79 Å². The number of likely N-dealkylation sites (tertiary alicyclic amines) is 1. The molecule has 0 saturated carbocycles. The second-order valence-electron chi connectivity index (χ2n) is 5.98. The number of rotatable bonds is 2. The summed E-state index contributed by atoms with van der Waals surface area (Å²) in [7, 11) is 0. The summed E-state index contributed by atoms with van der Waals surface area (Å²) in [4.78, 5) is 14.5. The van der Waals surface area contributed by atoms with E-state index in [0.717, 1.165) is 13.0 Å². The Balaban J connectivity index is 2.12. The molecule has 4 heteroatoms. The highest BCUT2D eigenvalue weighted by atomic mass is 16.5. The van der Waals surface area contributed by atoms with Gasteiger partial charge in [-0.2, -0.15) is 0 Å². The highest BCUT2D eigenvalue weighted by molar-refractivity contribution is 5.80. The minimum atomic E-state index is -0.0562. The van der Waals surface area contributed by atoms with Crippen LogP contribution < -0.4 is 0 Å². The van der Waals surface area contributed by atoms with Crippen LogP contribution in [0, 0.1) is 17.8 Å². The smallest absolute Gasteiger partial charge is 0.229 e. The summed E-state index contributed by atoms with van der Waals surface area (Å²) in [5.41, 5.74) is 0. The van der Waals surface area contributed by atoms with Crippen molar-refractivity contribution in [2.24, 2.45) is 17.8 Å². The van der Waals surface area contributed by atoms with E-state index in [2.05, 4.69) is 13.8 Å². The van der Waals surface area contributed by atoms with Crippen LogP contribution >= 0.6 is 0 Å². The van der Waals surface area contributed by atoms with Gasteiger partial charge in [-0.25, -0.2) is 0 Å². The van der Waals surface area contributed by atoms with Crippen LogP contribution in [0.2, 0.25) is 0 Å². The van der Waals surface area contributed by atoms with Gasteiger partial charge in [-0.15, -0.1) is 0 Å². The van der Waals surface area contributed by atoms with E-state index in [0.29, 0.717) is 5.92 Å². The maximum Gasteiger partial charge on any atom is 0.229 e. The Hall–Kier alpha value is -0.610. The third-order valence-corrected chi connectivity index (χ3v) is 4.88. The lowest BCUT2D eigenvalue weighted by Gasteiger charge is -2.30. The molecule has 6 unspecified atom stereocenters. The molecule has 1 amide bonds. The number of aliphatic hydroxyl groups excluding tert-OH is 1. The molecule has 0 radical (unpaired) electrons. The molecule has 2 rings (SSSR count). The van der Waals surface area contributed by atoms with Gasteiger partial charge in [0.05, 0.1) is 30.8 Å². The molecule has 2 saturated heterocycles. The molecule has 2 fully saturated rings. The van der Waals surface area contributed by atoms with Crippen molar-refractivity contribution < 1.29 is 14.6 Å². The Morgan fingerprint density at radius 1 is 1.28 bits per heavy atom. The average Bonchev–Trinajstić information content (AvgIpc) is 2.80. The van der Waals surface area contributed by atoms with Crippen molar-refractivity contribution in [1.29, 1.82) is 0 Å². The zero-order valence-corrected chi connectivity index (χ0v) is 11.8. The maximum absolute atomic E-state index is 12.7. The quantitative estimate of drug-likeness (QED) is 0.808. The van der Waals surface area contributed by atoms with E-state index in [-0.39, 0.29) is 42.6 Å². The van der Waals surface area contributed by atoms with Crippen LogP contribution in [0.5, 0.6) is 0 Å². The molecule has 6 atom stereocenters. The minimum Gasteiger partial charge on any atom is -0.394 e. The molecule has 2 aliphatic heterocycles. The lowest BCUT2D eigenvalue weighted by atomic mass is 9.88. The predicted octanol–water partition coefficient (Wildman–Crippen LogP) is 1.28. The van der Waals surface area contributed by atoms with Crippen molar-refractivity contribution in [1.82, 2.24) is 4.90 Å². The molecular formula is C14H25NO3. The van der Waals surface area contributed by atoms with E-state index in [1.807, 2.05) is 18.7 Å². The van der Waals surface area contributed by atoms with Crippen molar-refractivity contribution in [3.8, 4) is 0 Å².